The summed E-state index contributed by atoms with van der Waals surface area (Å²) in [5.41, 5.74) is 0. The summed E-state index contributed by atoms with van der Waals surface area (Å²) in [5, 5.41) is 0. The smallest absolute Gasteiger partial charge is 0.244 e. The predicted molar refractivity (Wildman–Crippen MR) is 87.3 cm³/mol. The minimum Gasteiger partial charge on any atom is -0.305 e. The van der Waals surface area contributed by atoms with Crippen molar-refractivity contribution in [3.05, 3.63) is 27.1 Å². The van der Waals surface area contributed by atoms with Crippen LogP contribution in [0.2, 0.25) is 0 Å². The highest BCUT2D eigenvalue weighted by Gasteiger charge is 2.32. The van der Waals surface area contributed by atoms with Gasteiger partial charge in [0.15, 0.2) is 0 Å². The Hall–Kier alpha value is 0.0500. The molecule has 0 N–H and O–H groups in total. The normalized spacial score (nSPS) is 22.7. The van der Waals surface area contributed by atoms with E-state index in [2.05, 4.69) is 36.8 Å². The van der Waals surface area contributed by atoms with Gasteiger partial charge in [-0.25, -0.2) is 8.42 Å². The monoisotopic (exact) mass is 424 g/mol. The SMILES string of the molecule is CC1CN(C)CCCN1S(=O)(=O)c1ccc(Br)cc1Br. The van der Waals surface area contributed by atoms with Gasteiger partial charge in [0.2, 0.25) is 10.0 Å². The maximum Gasteiger partial charge on any atom is 0.244 e. The van der Waals surface area contributed by atoms with Gasteiger partial charge < -0.3 is 4.90 Å². The van der Waals surface area contributed by atoms with E-state index in [0.29, 0.717) is 15.9 Å². The number of halogens is 2. The Morgan fingerprint density at radius 3 is 2.60 bits per heavy atom. The lowest BCUT2D eigenvalue weighted by Gasteiger charge is -2.27. The Bertz CT molecular complexity index is 592. The van der Waals surface area contributed by atoms with Crippen LogP contribution in [0.4, 0.5) is 0 Å². The van der Waals surface area contributed by atoms with E-state index in [1.54, 1.807) is 22.5 Å². The highest BCUT2D eigenvalue weighted by molar-refractivity contribution is 9.11. The first kappa shape index (κ1) is 16.4. The molecule has 112 valence electrons. The quantitative estimate of drug-likeness (QED) is 0.731. The van der Waals surface area contributed by atoms with Gasteiger partial charge in [0.25, 0.3) is 0 Å². The first-order valence-corrected chi connectivity index (χ1v) is 9.50. The van der Waals surface area contributed by atoms with Crippen molar-refractivity contribution in [2.24, 2.45) is 0 Å². The van der Waals surface area contributed by atoms with E-state index in [1.807, 2.05) is 14.0 Å². The van der Waals surface area contributed by atoms with Crippen LogP contribution in [-0.2, 0) is 10.0 Å². The highest BCUT2D eigenvalue weighted by atomic mass is 79.9. The van der Waals surface area contributed by atoms with Gasteiger partial charge >= 0.3 is 0 Å². The number of likely N-dealkylation sites (N-methyl/N-ethyl adjacent to an activating group) is 1. The minimum absolute atomic E-state index is 0.0250. The Morgan fingerprint density at radius 2 is 1.95 bits per heavy atom. The third-order valence-electron chi connectivity index (χ3n) is 3.47. The molecule has 1 unspecified atom stereocenters. The van der Waals surface area contributed by atoms with Crippen molar-refractivity contribution in [2.75, 3.05) is 26.7 Å². The second kappa shape index (κ2) is 6.44. The second-order valence-corrected chi connectivity index (χ2v) is 8.78. The van der Waals surface area contributed by atoms with Gasteiger partial charge in [-0.3, -0.25) is 0 Å². The van der Waals surface area contributed by atoms with Crippen molar-refractivity contribution >= 4 is 41.9 Å². The summed E-state index contributed by atoms with van der Waals surface area (Å²) in [6.45, 7) is 4.22. The second-order valence-electron chi connectivity index (χ2n) is 5.16. The predicted octanol–water partition coefficient (Wildman–Crippen LogP) is 2.93. The molecule has 1 aromatic rings. The average Bonchev–Trinajstić information content (AvgIpc) is 2.49. The van der Waals surface area contributed by atoms with Crippen molar-refractivity contribution < 1.29 is 8.42 Å². The molecule has 1 aliphatic heterocycles. The summed E-state index contributed by atoms with van der Waals surface area (Å²) in [7, 11) is -1.44. The summed E-state index contributed by atoms with van der Waals surface area (Å²) < 4.78 is 28.8. The molecule has 1 atom stereocenters. The van der Waals surface area contributed by atoms with E-state index in [9.17, 15) is 8.42 Å². The number of hydrogen-bond donors (Lipinski definition) is 0. The van der Waals surface area contributed by atoms with Crippen molar-refractivity contribution in [3.63, 3.8) is 0 Å². The third kappa shape index (κ3) is 3.44. The molecule has 20 heavy (non-hydrogen) atoms. The number of benzene rings is 1. The Labute approximate surface area is 137 Å². The molecule has 1 aliphatic rings. The van der Waals surface area contributed by atoms with Crippen LogP contribution in [0.1, 0.15) is 13.3 Å². The molecule has 2 rings (SSSR count). The van der Waals surface area contributed by atoms with E-state index < -0.39 is 10.0 Å². The van der Waals surface area contributed by atoms with Crippen LogP contribution in [0.15, 0.2) is 32.0 Å². The number of rotatable bonds is 2. The van der Waals surface area contributed by atoms with Gasteiger partial charge in [-0.2, -0.15) is 4.31 Å². The molecular weight excluding hydrogens is 408 g/mol. The molecular formula is C13H18Br2N2O2S. The average molecular weight is 426 g/mol. The topological polar surface area (TPSA) is 40.6 Å². The van der Waals surface area contributed by atoms with Crippen molar-refractivity contribution in [3.8, 4) is 0 Å². The van der Waals surface area contributed by atoms with Crippen LogP contribution in [-0.4, -0.2) is 50.3 Å². The number of sulfonamides is 1. The lowest BCUT2D eigenvalue weighted by molar-refractivity contribution is 0.290. The molecule has 1 saturated heterocycles. The van der Waals surface area contributed by atoms with Crippen LogP contribution in [0, 0.1) is 0 Å². The third-order valence-corrected chi connectivity index (χ3v) is 6.95. The van der Waals surface area contributed by atoms with Crippen LogP contribution in [0.25, 0.3) is 0 Å². The zero-order chi connectivity index (χ0) is 14.9. The summed E-state index contributed by atoms with van der Waals surface area (Å²) in [6.07, 6.45) is 0.855. The first-order chi connectivity index (χ1) is 9.32. The molecule has 0 aliphatic carbocycles. The lowest BCUT2D eigenvalue weighted by atomic mass is 10.3. The molecule has 0 bridgehead atoms. The fourth-order valence-electron chi connectivity index (χ4n) is 2.52. The zero-order valence-corrected chi connectivity index (χ0v) is 15.5. The van der Waals surface area contributed by atoms with Gasteiger partial charge in [0.05, 0.1) is 4.90 Å². The maximum atomic E-state index is 12.9. The van der Waals surface area contributed by atoms with Crippen molar-refractivity contribution in [1.29, 1.82) is 0 Å². The fraction of sp³-hybridized carbons (Fsp3) is 0.538. The molecule has 1 fully saturated rings. The fourth-order valence-corrected chi connectivity index (χ4v) is 5.89. The number of hydrogen-bond acceptors (Lipinski definition) is 3. The van der Waals surface area contributed by atoms with Gasteiger partial charge in [-0.05, 0) is 61.1 Å². The van der Waals surface area contributed by atoms with Gasteiger partial charge in [-0.1, -0.05) is 15.9 Å². The van der Waals surface area contributed by atoms with Gasteiger partial charge in [0, 0.05) is 28.1 Å². The summed E-state index contributed by atoms with van der Waals surface area (Å²) in [4.78, 5) is 2.51. The zero-order valence-electron chi connectivity index (χ0n) is 11.5. The van der Waals surface area contributed by atoms with E-state index in [0.717, 1.165) is 24.0 Å². The van der Waals surface area contributed by atoms with E-state index in [4.69, 9.17) is 0 Å². The molecule has 1 aromatic carbocycles. The minimum atomic E-state index is -3.47. The lowest BCUT2D eigenvalue weighted by Crippen LogP contribution is -2.42. The van der Waals surface area contributed by atoms with Crippen molar-refractivity contribution in [1.82, 2.24) is 9.21 Å². The Balaban J connectivity index is 2.38. The van der Waals surface area contributed by atoms with E-state index in [-0.39, 0.29) is 6.04 Å². The van der Waals surface area contributed by atoms with Gasteiger partial charge in [0.1, 0.15) is 0 Å². The summed E-state index contributed by atoms with van der Waals surface area (Å²) >= 11 is 6.70. The molecule has 4 nitrogen and oxygen atoms in total. The van der Waals surface area contributed by atoms with Crippen LogP contribution < -0.4 is 0 Å². The van der Waals surface area contributed by atoms with Gasteiger partial charge in [-0.15, -0.1) is 0 Å². The molecule has 0 radical (unpaired) electrons. The molecule has 1 heterocycles. The van der Waals surface area contributed by atoms with Crippen molar-refractivity contribution in [2.45, 2.75) is 24.3 Å². The largest absolute Gasteiger partial charge is 0.305 e. The molecule has 0 amide bonds. The summed E-state index contributed by atoms with van der Waals surface area (Å²) in [6, 6.07) is 5.14. The van der Waals surface area contributed by atoms with Crippen LogP contribution in [0.5, 0.6) is 0 Å². The van der Waals surface area contributed by atoms with E-state index >= 15 is 0 Å². The molecule has 7 heteroatoms. The summed E-state index contributed by atoms with van der Waals surface area (Å²) in [5.74, 6) is 0. The Morgan fingerprint density at radius 1 is 1.25 bits per heavy atom. The number of nitrogens with zero attached hydrogens (tertiary/aromatic N) is 2. The van der Waals surface area contributed by atoms with E-state index in [1.165, 1.54) is 0 Å². The highest BCUT2D eigenvalue weighted by Crippen LogP contribution is 2.29. The standard InChI is InChI=1S/C13H18Br2N2O2S/c1-10-9-16(2)6-3-7-17(10)20(18,19)13-5-4-11(14)8-12(13)15/h4-5,8,10H,3,6-7,9H2,1-2H3. The van der Waals surface area contributed by atoms with Crippen LogP contribution in [0.3, 0.4) is 0 Å². The molecule has 0 aromatic heterocycles. The van der Waals surface area contributed by atoms with Crippen LogP contribution >= 0.6 is 31.9 Å². The molecule has 0 saturated carbocycles. The molecule has 0 spiro atoms. The first-order valence-electron chi connectivity index (χ1n) is 6.48. The Kier molecular flexibility index (Phi) is 5.29. The maximum absolute atomic E-state index is 12.9.